The fourth-order valence-electron chi connectivity index (χ4n) is 2.68. The predicted octanol–water partition coefficient (Wildman–Crippen LogP) is 3.44. The van der Waals surface area contributed by atoms with Crippen molar-refractivity contribution >= 4 is 5.96 Å². The molecule has 2 N–H and O–H groups in total. The van der Waals surface area contributed by atoms with Gasteiger partial charge in [0.05, 0.1) is 18.4 Å². The average molecular weight is 347 g/mol. The minimum Gasteiger partial charge on any atom is -0.357 e. The van der Waals surface area contributed by atoms with E-state index >= 15 is 0 Å². The van der Waals surface area contributed by atoms with Gasteiger partial charge in [0, 0.05) is 24.8 Å². The van der Waals surface area contributed by atoms with Crippen molar-refractivity contribution in [2.45, 2.75) is 26.9 Å². The summed E-state index contributed by atoms with van der Waals surface area (Å²) < 4.78 is 1.87. The number of para-hydroxylation sites is 1. The Hall–Kier alpha value is -3.08. The third kappa shape index (κ3) is 4.96. The maximum Gasteiger partial charge on any atom is 0.191 e. The largest absolute Gasteiger partial charge is 0.357 e. The highest BCUT2D eigenvalue weighted by atomic mass is 15.3. The number of rotatable bonds is 6. The number of hydrogen-bond donors (Lipinski definition) is 2. The predicted molar refractivity (Wildman–Crippen MR) is 106 cm³/mol. The Balaban J connectivity index is 1.63. The molecule has 3 aromatic rings. The van der Waals surface area contributed by atoms with E-state index in [1.54, 1.807) is 0 Å². The maximum atomic E-state index is 4.67. The molecule has 0 saturated carbocycles. The van der Waals surface area contributed by atoms with Crippen LogP contribution in [0.5, 0.6) is 0 Å². The molecule has 0 unspecified atom stereocenters. The van der Waals surface area contributed by atoms with Crippen LogP contribution in [0.25, 0.3) is 5.69 Å². The van der Waals surface area contributed by atoms with Gasteiger partial charge in [-0.25, -0.2) is 9.67 Å². The summed E-state index contributed by atoms with van der Waals surface area (Å²) in [4.78, 5) is 4.67. The van der Waals surface area contributed by atoms with Crippen LogP contribution >= 0.6 is 0 Å². The Morgan fingerprint density at radius 3 is 2.65 bits per heavy atom. The van der Waals surface area contributed by atoms with Gasteiger partial charge in [0.1, 0.15) is 0 Å². The number of benzene rings is 2. The van der Waals surface area contributed by atoms with Crippen LogP contribution in [0, 0.1) is 6.92 Å². The molecule has 134 valence electrons. The summed E-state index contributed by atoms with van der Waals surface area (Å²) >= 11 is 0. The van der Waals surface area contributed by atoms with Crippen LogP contribution in [0.15, 0.2) is 72.0 Å². The lowest BCUT2D eigenvalue weighted by Gasteiger charge is -2.11. The molecule has 2 aromatic carbocycles. The minimum absolute atomic E-state index is 0.579. The number of guanidine groups is 1. The van der Waals surface area contributed by atoms with E-state index in [1.807, 2.05) is 47.4 Å². The van der Waals surface area contributed by atoms with E-state index in [4.69, 9.17) is 0 Å². The van der Waals surface area contributed by atoms with E-state index in [0.29, 0.717) is 6.54 Å². The number of nitrogens with zero attached hydrogens (tertiary/aromatic N) is 3. The van der Waals surface area contributed by atoms with Gasteiger partial charge in [-0.2, -0.15) is 5.10 Å². The molecule has 5 nitrogen and oxygen atoms in total. The van der Waals surface area contributed by atoms with Crippen molar-refractivity contribution in [3.63, 3.8) is 0 Å². The molecule has 0 fully saturated rings. The second-order valence-electron chi connectivity index (χ2n) is 6.17. The highest BCUT2D eigenvalue weighted by Gasteiger charge is 2.02. The SMILES string of the molecule is CCNC(=NCc1cnn(-c2ccccc2)c1)NCc1cccc(C)c1. The quantitative estimate of drug-likeness (QED) is 0.530. The highest BCUT2D eigenvalue weighted by Crippen LogP contribution is 2.08. The summed E-state index contributed by atoms with van der Waals surface area (Å²) in [6.07, 6.45) is 3.88. The molecular formula is C21H25N5. The molecule has 0 amide bonds. The number of aryl methyl sites for hydroxylation is 1. The smallest absolute Gasteiger partial charge is 0.191 e. The van der Waals surface area contributed by atoms with Crippen molar-refractivity contribution in [2.75, 3.05) is 6.54 Å². The van der Waals surface area contributed by atoms with Crippen LogP contribution < -0.4 is 10.6 Å². The summed E-state index contributed by atoms with van der Waals surface area (Å²) in [5, 5.41) is 11.1. The lowest BCUT2D eigenvalue weighted by Crippen LogP contribution is -2.36. The standard InChI is InChI=1S/C21H25N5/c1-3-22-21(23-13-18-9-7-8-17(2)12-18)24-14-19-15-25-26(16-19)20-10-5-4-6-11-20/h4-12,15-16H,3,13-14H2,1-2H3,(H2,22,23,24). The van der Waals surface area contributed by atoms with Crippen LogP contribution in [-0.2, 0) is 13.1 Å². The van der Waals surface area contributed by atoms with Crippen molar-refractivity contribution in [1.29, 1.82) is 0 Å². The Morgan fingerprint density at radius 1 is 1.04 bits per heavy atom. The fourth-order valence-corrected chi connectivity index (χ4v) is 2.68. The molecule has 5 heteroatoms. The average Bonchev–Trinajstić information content (AvgIpc) is 3.14. The first-order valence-electron chi connectivity index (χ1n) is 8.91. The Labute approximate surface area is 154 Å². The number of aromatic nitrogens is 2. The van der Waals surface area contributed by atoms with Gasteiger partial charge < -0.3 is 10.6 Å². The Kier molecular flexibility index (Phi) is 6.04. The van der Waals surface area contributed by atoms with Crippen molar-refractivity contribution < 1.29 is 0 Å². The molecule has 26 heavy (non-hydrogen) atoms. The molecule has 3 rings (SSSR count). The van der Waals surface area contributed by atoms with Crippen LogP contribution in [0.2, 0.25) is 0 Å². The van der Waals surface area contributed by atoms with E-state index < -0.39 is 0 Å². The number of aliphatic imine (C=N–C) groups is 1. The molecule has 1 aromatic heterocycles. The zero-order chi connectivity index (χ0) is 18.2. The van der Waals surface area contributed by atoms with Gasteiger partial charge in [0.15, 0.2) is 5.96 Å². The first kappa shape index (κ1) is 17.7. The molecule has 0 spiro atoms. The molecule has 0 radical (unpaired) electrons. The third-order valence-electron chi connectivity index (χ3n) is 3.96. The first-order valence-corrected chi connectivity index (χ1v) is 8.91. The monoisotopic (exact) mass is 347 g/mol. The van der Waals surface area contributed by atoms with E-state index in [-0.39, 0.29) is 0 Å². The summed E-state index contributed by atoms with van der Waals surface area (Å²) in [6.45, 7) is 6.32. The van der Waals surface area contributed by atoms with Gasteiger partial charge in [-0.1, -0.05) is 48.0 Å². The molecule has 0 aliphatic carbocycles. The Bertz CT molecular complexity index is 852. The molecule has 1 heterocycles. The molecular weight excluding hydrogens is 322 g/mol. The molecule has 0 saturated heterocycles. The van der Waals surface area contributed by atoms with E-state index in [9.17, 15) is 0 Å². The molecule has 0 aliphatic heterocycles. The lowest BCUT2D eigenvalue weighted by atomic mass is 10.1. The fraction of sp³-hybridized carbons (Fsp3) is 0.238. The van der Waals surface area contributed by atoms with Crippen LogP contribution in [0.4, 0.5) is 0 Å². The molecule has 0 atom stereocenters. The van der Waals surface area contributed by atoms with E-state index in [2.05, 4.69) is 58.8 Å². The second-order valence-corrected chi connectivity index (χ2v) is 6.17. The van der Waals surface area contributed by atoms with E-state index in [0.717, 1.165) is 30.3 Å². The van der Waals surface area contributed by atoms with Crippen LogP contribution in [0.1, 0.15) is 23.6 Å². The zero-order valence-corrected chi connectivity index (χ0v) is 15.3. The Morgan fingerprint density at radius 2 is 1.88 bits per heavy atom. The van der Waals surface area contributed by atoms with Gasteiger partial charge in [0.25, 0.3) is 0 Å². The molecule has 0 aliphatic rings. The van der Waals surface area contributed by atoms with Crippen molar-refractivity contribution in [2.24, 2.45) is 4.99 Å². The normalized spacial score (nSPS) is 11.4. The summed E-state index contributed by atoms with van der Waals surface area (Å²) in [5.41, 5.74) is 4.63. The summed E-state index contributed by atoms with van der Waals surface area (Å²) in [5.74, 6) is 0.807. The van der Waals surface area contributed by atoms with Crippen molar-refractivity contribution in [1.82, 2.24) is 20.4 Å². The van der Waals surface area contributed by atoms with Crippen LogP contribution in [-0.4, -0.2) is 22.3 Å². The number of hydrogen-bond acceptors (Lipinski definition) is 2. The molecule has 0 bridgehead atoms. The summed E-state index contributed by atoms with van der Waals surface area (Å²) in [6, 6.07) is 18.6. The van der Waals surface area contributed by atoms with Gasteiger partial charge in [-0.05, 0) is 31.5 Å². The van der Waals surface area contributed by atoms with E-state index in [1.165, 1.54) is 11.1 Å². The minimum atomic E-state index is 0.579. The van der Waals surface area contributed by atoms with Gasteiger partial charge >= 0.3 is 0 Å². The lowest BCUT2D eigenvalue weighted by molar-refractivity contribution is 0.815. The van der Waals surface area contributed by atoms with Crippen LogP contribution in [0.3, 0.4) is 0 Å². The summed E-state index contributed by atoms with van der Waals surface area (Å²) in [7, 11) is 0. The zero-order valence-electron chi connectivity index (χ0n) is 15.3. The number of nitrogens with one attached hydrogen (secondary N) is 2. The first-order chi connectivity index (χ1) is 12.7. The van der Waals surface area contributed by atoms with Gasteiger partial charge in [-0.3, -0.25) is 0 Å². The van der Waals surface area contributed by atoms with Gasteiger partial charge in [-0.15, -0.1) is 0 Å². The topological polar surface area (TPSA) is 54.2 Å². The van der Waals surface area contributed by atoms with Crippen molar-refractivity contribution in [3.8, 4) is 5.69 Å². The second kappa shape index (κ2) is 8.85. The van der Waals surface area contributed by atoms with Crippen molar-refractivity contribution in [3.05, 3.63) is 83.7 Å². The van der Waals surface area contributed by atoms with Gasteiger partial charge in [0.2, 0.25) is 0 Å². The third-order valence-corrected chi connectivity index (χ3v) is 3.96. The maximum absolute atomic E-state index is 4.67. The highest BCUT2D eigenvalue weighted by molar-refractivity contribution is 5.79.